The van der Waals surface area contributed by atoms with Crippen LogP contribution < -0.4 is 71.2 Å². The lowest BCUT2D eigenvalue weighted by atomic mass is 9.89. The number of benzene rings is 1. The van der Waals surface area contributed by atoms with Gasteiger partial charge in [0.2, 0.25) is 47.3 Å². The lowest BCUT2D eigenvalue weighted by Gasteiger charge is -2.28. The lowest BCUT2D eigenvalue weighted by molar-refractivity contribution is -0.384. The van der Waals surface area contributed by atoms with Crippen LogP contribution in [0.4, 0.5) is 5.69 Å². The van der Waals surface area contributed by atoms with Crippen molar-refractivity contribution in [2.75, 3.05) is 39.3 Å². The molecule has 1 heterocycles. The fraction of sp³-hybridized carbons (Fsp3) is 0.712. The molecule has 13 atom stereocenters. The number of ketones is 3. The number of nitrogens with two attached hydrogens (primary N) is 5. The zero-order valence-electron chi connectivity index (χ0n) is 52.0. The monoisotopic (exact) mass is 1240 g/mol. The summed E-state index contributed by atoms with van der Waals surface area (Å²) in [5.41, 5.74) is 29.6. The summed E-state index contributed by atoms with van der Waals surface area (Å²) >= 11 is 0. The van der Waals surface area contributed by atoms with Crippen molar-refractivity contribution in [1.29, 1.82) is 0 Å². The van der Waals surface area contributed by atoms with E-state index in [1.807, 2.05) is 0 Å². The molecule has 0 radical (unpaired) electrons. The summed E-state index contributed by atoms with van der Waals surface area (Å²) in [4.78, 5) is 166. The molecule has 0 saturated carbocycles. The van der Waals surface area contributed by atoms with Gasteiger partial charge in [-0.2, -0.15) is 0 Å². The maximum atomic E-state index is 14.6. The Kier molecular flexibility index (Phi) is 35.6. The number of rotatable bonds is 32. The molecule has 0 spiro atoms. The van der Waals surface area contributed by atoms with Gasteiger partial charge in [0.15, 0.2) is 11.6 Å². The first-order valence-electron chi connectivity index (χ1n) is 30.7. The van der Waals surface area contributed by atoms with Crippen molar-refractivity contribution in [1.82, 2.24) is 42.5 Å². The first-order valence-corrected chi connectivity index (χ1v) is 30.7. The van der Waals surface area contributed by atoms with Crippen molar-refractivity contribution < 1.29 is 67.9 Å². The number of amides is 8. The number of hydrogen-bond acceptors (Lipinski definition) is 20. The molecule has 29 heteroatoms. The van der Waals surface area contributed by atoms with E-state index in [9.17, 15) is 73.1 Å². The van der Waals surface area contributed by atoms with Gasteiger partial charge in [-0.3, -0.25) is 62.9 Å². The fourth-order valence-electron chi connectivity index (χ4n) is 10.1. The van der Waals surface area contributed by atoms with Crippen molar-refractivity contribution in [3.8, 4) is 0 Å². The molecule has 1 aromatic rings. The van der Waals surface area contributed by atoms with E-state index in [2.05, 4.69) is 56.4 Å². The Morgan fingerprint density at radius 1 is 0.659 bits per heavy atom. The number of Topliss-reactive ketones (excluding diaryl/α,β-unsaturated/α-hetero) is 3. The van der Waals surface area contributed by atoms with Gasteiger partial charge in [-0.15, -0.1) is 0 Å². The SMILES string of the molecule is CC[C@H](C)CCCCC(=O)C[C@@H](CCN)C(=O)N[C@H](C(=O)C[C@@H](CCN)C(=O)N[C@H]1CCNC(=O)[C@H]([C@@H](C)O)NC(=O)[C@H](CCN)NC(=O)[C@H](CCN)NC(=O)[C@H](CC(C)C)NC(=O)[C@@H](Cc2ccc([N+](=O)[O-])cc2)CC(=O)[C@H](CCN)NC1=O)[C@@H](C)O. The number of carbonyl (C=O) groups excluding carboxylic acids is 11. The number of non-ortho nitro benzene ring substituents is 1. The second-order valence-corrected chi connectivity index (χ2v) is 23.4. The summed E-state index contributed by atoms with van der Waals surface area (Å²) in [6.45, 7) is 9.06. The Balaban J connectivity index is 2.73. The molecule has 2 rings (SSSR count). The lowest BCUT2D eigenvalue weighted by Crippen LogP contribution is -2.60. The molecule has 0 aromatic heterocycles. The Bertz CT molecular complexity index is 2470. The van der Waals surface area contributed by atoms with Crippen LogP contribution in [0.1, 0.15) is 143 Å². The maximum Gasteiger partial charge on any atom is 0.269 e. The third-order valence-electron chi connectivity index (χ3n) is 15.5. The van der Waals surface area contributed by atoms with Crippen molar-refractivity contribution in [2.24, 2.45) is 58.3 Å². The minimum atomic E-state index is -1.70. The zero-order chi connectivity index (χ0) is 66.2. The minimum Gasteiger partial charge on any atom is -0.391 e. The number of nitrogens with zero attached hydrogens (tertiary/aromatic N) is 1. The molecule has 8 amide bonds. The Morgan fingerprint density at radius 2 is 1.19 bits per heavy atom. The molecular weight excluding hydrogens is 1140 g/mol. The molecule has 1 aromatic carbocycles. The Morgan fingerprint density at radius 3 is 1.72 bits per heavy atom. The van der Waals surface area contributed by atoms with Gasteiger partial charge in [-0.1, -0.05) is 59.1 Å². The van der Waals surface area contributed by atoms with E-state index in [4.69, 9.17) is 28.7 Å². The molecule has 0 aliphatic carbocycles. The van der Waals surface area contributed by atoms with Gasteiger partial charge in [0.1, 0.15) is 42.0 Å². The summed E-state index contributed by atoms with van der Waals surface area (Å²) < 4.78 is 0. The highest BCUT2D eigenvalue weighted by Gasteiger charge is 2.38. The minimum absolute atomic E-state index is 0.00250. The van der Waals surface area contributed by atoms with Gasteiger partial charge < -0.3 is 81.4 Å². The highest BCUT2D eigenvalue weighted by atomic mass is 16.6. The van der Waals surface area contributed by atoms with Crippen molar-refractivity contribution in [3.05, 3.63) is 39.9 Å². The fourth-order valence-corrected chi connectivity index (χ4v) is 10.1. The van der Waals surface area contributed by atoms with Crippen LogP contribution in [0.15, 0.2) is 24.3 Å². The third-order valence-corrected chi connectivity index (χ3v) is 15.5. The zero-order valence-corrected chi connectivity index (χ0v) is 52.0. The quantitative estimate of drug-likeness (QED) is 0.0209. The molecular formula is C59H100N14O15. The van der Waals surface area contributed by atoms with Gasteiger partial charge in [0, 0.05) is 62.1 Å². The molecule has 496 valence electrons. The topological polar surface area (TPSA) is 498 Å². The van der Waals surface area contributed by atoms with E-state index < -0.39 is 162 Å². The smallest absolute Gasteiger partial charge is 0.269 e. The predicted molar refractivity (Wildman–Crippen MR) is 326 cm³/mol. The molecule has 1 saturated heterocycles. The predicted octanol–water partition coefficient (Wildman–Crippen LogP) is -2.06. The third kappa shape index (κ3) is 27.2. The van der Waals surface area contributed by atoms with Gasteiger partial charge in [-0.25, -0.2) is 0 Å². The van der Waals surface area contributed by atoms with E-state index in [0.29, 0.717) is 17.9 Å². The largest absolute Gasteiger partial charge is 0.391 e. The van der Waals surface area contributed by atoms with E-state index in [-0.39, 0.29) is 108 Å². The number of aliphatic hydroxyl groups excluding tert-OH is 2. The molecule has 1 aliphatic rings. The molecule has 20 N–H and O–H groups in total. The van der Waals surface area contributed by atoms with Crippen molar-refractivity contribution in [3.63, 3.8) is 0 Å². The summed E-state index contributed by atoms with van der Waals surface area (Å²) in [7, 11) is 0. The van der Waals surface area contributed by atoms with Gasteiger partial charge in [0.05, 0.1) is 23.2 Å². The molecule has 88 heavy (non-hydrogen) atoms. The van der Waals surface area contributed by atoms with Crippen LogP contribution in [0.25, 0.3) is 0 Å². The molecule has 29 nitrogen and oxygen atoms in total. The average Bonchev–Trinajstić information content (AvgIpc) is 3.61. The molecule has 1 aliphatic heterocycles. The van der Waals surface area contributed by atoms with Gasteiger partial charge in [-0.05, 0) is 122 Å². The average molecular weight is 1250 g/mol. The Hall–Kier alpha value is -6.89. The summed E-state index contributed by atoms with van der Waals surface area (Å²) in [6.07, 6.45) is -2.14. The number of nitrogens with one attached hydrogen (secondary N) is 8. The van der Waals surface area contributed by atoms with Crippen LogP contribution in [0.5, 0.6) is 0 Å². The highest BCUT2D eigenvalue weighted by Crippen LogP contribution is 2.22. The van der Waals surface area contributed by atoms with Gasteiger partial charge >= 0.3 is 0 Å². The molecule has 0 bridgehead atoms. The van der Waals surface area contributed by atoms with Crippen LogP contribution in [-0.4, -0.2) is 174 Å². The standard InChI is InChI=1S/C59H100N14O15/c1-7-34(4)10-8-9-11-42(76)30-38(16-22-60)53(80)71-50(35(5)74)49(78)31-39(17-23-61)52(79)67-46-21-27-65-59(86)51(36(6)75)72-57(84)45(20-26-64)68-55(82)44(19-25-63)69-58(85)47(28-33(2)3)70-54(81)40(29-37-12-14-41(15-13-37)73(87)88)32-48(77)43(18-24-62)66-56(46)83/h12-15,33-36,38-40,43-47,50-51,74-75H,7-11,16-32,60-64H2,1-6H3,(H,65,86)(H,66,83)(H,67,79)(H,68,82)(H,69,85)(H,70,81)(H,71,80)(H,72,84)/t34-,35+,36+,38+,39+,40-,43-,44-,45-,46-,47-,50-,51-/m0/s1. The van der Waals surface area contributed by atoms with Gasteiger partial charge in [0.25, 0.3) is 5.69 Å². The highest BCUT2D eigenvalue weighted by molar-refractivity contribution is 5.99. The van der Waals surface area contributed by atoms with Crippen LogP contribution in [0.3, 0.4) is 0 Å². The van der Waals surface area contributed by atoms with Crippen molar-refractivity contribution >= 4 is 70.3 Å². The molecule has 0 unspecified atom stereocenters. The second-order valence-electron chi connectivity index (χ2n) is 23.4. The number of hydrogen-bond donors (Lipinski definition) is 15. The number of nitro groups is 1. The maximum absolute atomic E-state index is 14.6. The number of aliphatic hydroxyl groups is 2. The second kappa shape index (κ2) is 40.6. The van der Waals surface area contributed by atoms with Crippen LogP contribution in [0, 0.1) is 39.7 Å². The van der Waals surface area contributed by atoms with E-state index in [1.54, 1.807) is 13.8 Å². The van der Waals surface area contributed by atoms with Crippen LogP contribution in [-0.2, 0) is 59.2 Å². The summed E-state index contributed by atoms with van der Waals surface area (Å²) in [5, 5.41) is 53.7. The number of nitro benzene ring substituents is 1. The van der Waals surface area contributed by atoms with Crippen LogP contribution >= 0.6 is 0 Å². The van der Waals surface area contributed by atoms with E-state index in [0.717, 1.165) is 19.3 Å². The number of unbranched alkanes of at least 4 members (excludes halogenated alkanes) is 1. The normalized spacial score (nSPS) is 22.7. The van der Waals surface area contributed by atoms with Crippen molar-refractivity contribution in [2.45, 2.75) is 199 Å². The summed E-state index contributed by atoms with van der Waals surface area (Å²) in [5.74, 6) is -12.2. The molecule has 1 fully saturated rings. The first kappa shape index (κ1) is 77.2. The Labute approximate surface area is 515 Å². The van der Waals surface area contributed by atoms with Crippen LogP contribution in [0.2, 0.25) is 0 Å². The summed E-state index contributed by atoms with van der Waals surface area (Å²) in [6, 6.07) is -5.40. The van der Waals surface area contributed by atoms with E-state index >= 15 is 0 Å². The van der Waals surface area contributed by atoms with E-state index in [1.165, 1.54) is 38.1 Å². The number of carbonyl (C=O) groups is 11. The first-order chi connectivity index (χ1) is 41.6.